The molecule has 0 unspecified atom stereocenters. The largest absolute Gasteiger partial charge is 0.390 e. The lowest BCUT2D eigenvalue weighted by molar-refractivity contribution is -0.135. The average Bonchev–Trinajstić information content (AvgIpc) is 2.82. The second kappa shape index (κ2) is 5.58. The van der Waals surface area contributed by atoms with E-state index in [1.54, 1.807) is 0 Å². The summed E-state index contributed by atoms with van der Waals surface area (Å²) in [5.74, 6) is 4.48. The highest BCUT2D eigenvalue weighted by Crippen LogP contribution is 2.62. The van der Waals surface area contributed by atoms with Gasteiger partial charge in [-0.25, -0.2) is 0 Å². The van der Waals surface area contributed by atoms with Crippen molar-refractivity contribution in [3.8, 4) is 0 Å². The van der Waals surface area contributed by atoms with E-state index >= 15 is 0 Å². The predicted octanol–water partition coefficient (Wildman–Crippen LogP) is 4.74. The summed E-state index contributed by atoms with van der Waals surface area (Å²) >= 11 is 0. The van der Waals surface area contributed by atoms with Gasteiger partial charge in [-0.1, -0.05) is 20.3 Å². The van der Waals surface area contributed by atoms with E-state index in [-0.39, 0.29) is 11.0 Å². The zero-order chi connectivity index (χ0) is 16.2. The molecule has 0 saturated heterocycles. The molecule has 0 aromatic heterocycles. The summed E-state index contributed by atoms with van der Waals surface area (Å²) in [6.45, 7) is 4.47. The Morgan fingerprint density at radius 3 is 2.61 bits per heavy atom. The number of carbonyl (C=O) groups excluding carboxylic acids is 1. The Hall–Kier alpha value is -0.370. The molecule has 4 aliphatic rings. The molecule has 4 rings (SSSR count). The van der Waals surface area contributed by atoms with Gasteiger partial charge in [-0.05, 0) is 87.4 Å². The zero-order valence-corrected chi connectivity index (χ0v) is 15.0. The number of carbonyl (C=O) groups is 1. The zero-order valence-electron chi connectivity index (χ0n) is 15.0. The van der Waals surface area contributed by atoms with Crippen LogP contribution in [0, 0.1) is 35.0 Å². The first-order valence-corrected chi connectivity index (χ1v) is 10.2. The molecule has 23 heavy (non-hydrogen) atoms. The van der Waals surface area contributed by atoms with Gasteiger partial charge in [0.1, 0.15) is 5.78 Å². The maximum absolute atomic E-state index is 12.4. The summed E-state index contributed by atoms with van der Waals surface area (Å²) in [5, 5.41) is 10.9. The Kier molecular flexibility index (Phi) is 3.91. The molecular weight excluding hydrogens is 284 g/mol. The first kappa shape index (κ1) is 16.1. The summed E-state index contributed by atoms with van der Waals surface area (Å²) in [7, 11) is 0. The molecule has 2 heteroatoms. The highest BCUT2D eigenvalue weighted by molar-refractivity contribution is 5.87. The van der Waals surface area contributed by atoms with Gasteiger partial charge in [0.2, 0.25) is 0 Å². The van der Waals surface area contributed by atoms with E-state index in [9.17, 15) is 9.90 Å². The fourth-order valence-corrected chi connectivity index (χ4v) is 7.43. The predicted molar refractivity (Wildman–Crippen MR) is 92.0 cm³/mol. The van der Waals surface area contributed by atoms with Gasteiger partial charge in [-0.3, -0.25) is 4.79 Å². The molecule has 7 atom stereocenters. The highest BCUT2D eigenvalue weighted by Gasteiger charge is 2.57. The molecule has 0 heterocycles. The first-order valence-electron chi connectivity index (χ1n) is 10.2. The molecule has 4 fully saturated rings. The van der Waals surface area contributed by atoms with Crippen LogP contribution >= 0.6 is 0 Å². The van der Waals surface area contributed by atoms with Crippen molar-refractivity contribution in [3.05, 3.63) is 0 Å². The van der Waals surface area contributed by atoms with Gasteiger partial charge in [0.15, 0.2) is 0 Å². The summed E-state index contributed by atoms with van der Waals surface area (Å²) in [6.07, 6.45) is 12.4. The third-order valence-electron chi connectivity index (χ3n) is 8.53. The van der Waals surface area contributed by atoms with Crippen molar-refractivity contribution in [1.29, 1.82) is 0 Å². The number of ketones is 1. The monoisotopic (exact) mass is 318 g/mol. The molecule has 0 amide bonds. The Bertz CT molecular complexity index is 486. The second-order valence-corrected chi connectivity index (χ2v) is 9.57. The molecule has 2 nitrogen and oxygen atoms in total. The van der Waals surface area contributed by atoms with Crippen molar-refractivity contribution in [3.63, 3.8) is 0 Å². The molecule has 4 aliphatic carbocycles. The normalized spacial score (nSPS) is 52.7. The lowest BCUT2D eigenvalue weighted by atomic mass is 9.49. The van der Waals surface area contributed by atoms with Crippen LogP contribution in [0.15, 0.2) is 0 Å². The smallest absolute Gasteiger partial charge is 0.139 e. The van der Waals surface area contributed by atoms with Crippen LogP contribution in [-0.2, 0) is 4.79 Å². The van der Waals surface area contributed by atoms with Gasteiger partial charge in [-0.15, -0.1) is 0 Å². The third-order valence-corrected chi connectivity index (χ3v) is 8.53. The van der Waals surface area contributed by atoms with E-state index in [4.69, 9.17) is 0 Å². The Morgan fingerprint density at radius 2 is 1.83 bits per heavy atom. The van der Waals surface area contributed by atoms with E-state index in [0.717, 1.165) is 68.6 Å². The molecule has 0 aliphatic heterocycles. The van der Waals surface area contributed by atoms with E-state index in [1.807, 2.05) is 0 Å². The molecular formula is C21H34O2. The van der Waals surface area contributed by atoms with E-state index in [2.05, 4.69) is 13.8 Å². The fraction of sp³-hybridized carbons (Fsp3) is 0.952. The summed E-state index contributed by atoms with van der Waals surface area (Å²) in [4.78, 5) is 12.4. The van der Waals surface area contributed by atoms with Gasteiger partial charge in [-0.2, -0.15) is 0 Å². The number of hydrogen-bond acceptors (Lipinski definition) is 2. The van der Waals surface area contributed by atoms with Crippen molar-refractivity contribution in [2.75, 3.05) is 0 Å². The summed E-state index contributed by atoms with van der Waals surface area (Å²) in [5.41, 5.74) is -0.346. The Labute approximate surface area is 141 Å². The van der Waals surface area contributed by atoms with E-state index in [0.29, 0.717) is 11.7 Å². The van der Waals surface area contributed by atoms with Crippen LogP contribution in [0.3, 0.4) is 0 Å². The third kappa shape index (κ3) is 2.42. The van der Waals surface area contributed by atoms with Crippen LogP contribution in [0.4, 0.5) is 0 Å². The standard InChI is InChI=1S/C21H34O2/c1-3-10-21(23)12-9-15-14(13-21)4-5-17-16(15)8-11-20(2)18(17)6-7-19(20)22/h14-18,23H,3-13H2,1-2H3/t14-,15+,16-,17-,18+,20+,21-/m1/s1. The topological polar surface area (TPSA) is 37.3 Å². The van der Waals surface area contributed by atoms with Crippen molar-refractivity contribution in [1.82, 2.24) is 0 Å². The van der Waals surface area contributed by atoms with Crippen LogP contribution in [0.5, 0.6) is 0 Å². The lowest BCUT2D eigenvalue weighted by Crippen LogP contribution is -2.51. The second-order valence-electron chi connectivity index (χ2n) is 9.57. The molecule has 1 N–H and O–H groups in total. The van der Waals surface area contributed by atoms with Crippen molar-refractivity contribution in [2.24, 2.45) is 35.0 Å². The van der Waals surface area contributed by atoms with Gasteiger partial charge < -0.3 is 5.11 Å². The maximum atomic E-state index is 12.4. The van der Waals surface area contributed by atoms with Gasteiger partial charge in [0.05, 0.1) is 5.60 Å². The molecule has 130 valence electrons. The number of hydrogen-bond donors (Lipinski definition) is 1. The SMILES string of the molecule is CCC[C@@]1(O)CC[C@H]2[C@H](CC[C@@H]3[C@@H]2CC[C@]2(C)C(=O)CC[C@@H]32)C1. The number of rotatable bonds is 2. The number of aliphatic hydroxyl groups is 1. The summed E-state index contributed by atoms with van der Waals surface area (Å²) < 4.78 is 0. The maximum Gasteiger partial charge on any atom is 0.139 e. The van der Waals surface area contributed by atoms with Crippen LogP contribution in [0.25, 0.3) is 0 Å². The molecule has 0 aromatic carbocycles. The first-order chi connectivity index (χ1) is 11.0. The lowest BCUT2D eigenvalue weighted by Gasteiger charge is -2.56. The van der Waals surface area contributed by atoms with Crippen LogP contribution in [-0.4, -0.2) is 16.5 Å². The van der Waals surface area contributed by atoms with Crippen molar-refractivity contribution >= 4 is 5.78 Å². The van der Waals surface area contributed by atoms with Crippen LogP contribution in [0.1, 0.15) is 84.5 Å². The van der Waals surface area contributed by atoms with Crippen LogP contribution < -0.4 is 0 Å². The highest BCUT2D eigenvalue weighted by atomic mass is 16.3. The molecule has 0 bridgehead atoms. The molecule has 0 spiro atoms. The minimum atomic E-state index is -0.366. The molecule has 0 aromatic rings. The minimum Gasteiger partial charge on any atom is -0.390 e. The van der Waals surface area contributed by atoms with Crippen LogP contribution in [0.2, 0.25) is 0 Å². The number of fused-ring (bicyclic) bond motifs is 5. The minimum absolute atomic E-state index is 0.0195. The van der Waals surface area contributed by atoms with Gasteiger partial charge in [0.25, 0.3) is 0 Å². The van der Waals surface area contributed by atoms with Crippen molar-refractivity contribution in [2.45, 2.75) is 90.1 Å². The quantitative estimate of drug-likeness (QED) is 0.798. The van der Waals surface area contributed by atoms with E-state index < -0.39 is 0 Å². The van der Waals surface area contributed by atoms with Gasteiger partial charge in [0, 0.05) is 11.8 Å². The summed E-state index contributed by atoms with van der Waals surface area (Å²) in [6, 6.07) is 0. The fourth-order valence-electron chi connectivity index (χ4n) is 7.43. The molecule has 4 saturated carbocycles. The Morgan fingerprint density at radius 1 is 1.04 bits per heavy atom. The molecule has 0 radical (unpaired) electrons. The van der Waals surface area contributed by atoms with E-state index in [1.165, 1.54) is 25.7 Å². The number of Topliss-reactive ketones (excluding diaryl/α,β-unsaturated/α-hetero) is 1. The van der Waals surface area contributed by atoms with Gasteiger partial charge >= 0.3 is 0 Å². The Balaban J connectivity index is 1.51. The average molecular weight is 319 g/mol. The van der Waals surface area contributed by atoms with Crippen molar-refractivity contribution < 1.29 is 9.90 Å².